The summed E-state index contributed by atoms with van der Waals surface area (Å²) in [5, 5.41) is 5.73. The fourth-order valence-corrected chi connectivity index (χ4v) is 3.30. The van der Waals surface area contributed by atoms with Crippen LogP contribution in [0.2, 0.25) is 5.02 Å². The molecule has 0 aliphatic carbocycles. The van der Waals surface area contributed by atoms with Crippen molar-refractivity contribution in [2.45, 2.75) is 6.42 Å². The zero-order chi connectivity index (χ0) is 14.8. The minimum Gasteiger partial charge on any atom is -0.350 e. The SMILES string of the molecule is Cn1c(C(=O)NCCc2ccc(Cl)cc2)cc2sccc21. The molecule has 2 heterocycles. The zero-order valence-corrected chi connectivity index (χ0v) is 13.2. The van der Waals surface area contributed by atoms with Crippen LogP contribution in [-0.4, -0.2) is 17.0 Å². The summed E-state index contributed by atoms with van der Waals surface area (Å²) in [5.74, 6) is -0.0325. The van der Waals surface area contributed by atoms with Gasteiger partial charge in [-0.1, -0.05) is 23.7 Å². The molecule has 5 heteroatoms. The monoisotopic (exact) mass is 318 g/mol. The average molecular weight is 319 g/mol. The molecule has 0 aliphatic heterocycles. The second-order valence-corrected chi connectivity index (χ2v) is 6.28. The highest BCUT2D eigenvalue weighted by Gasteiger charge is 2.13. The van der Waals surface area contributed by atoms with Crippen molar-refractivity contribution >= 4 is 39.1 Å². The lowest BCUT2D eigenvalue weighted by Crippen LogP contribution is -2.27. The van der Waals surface area contributed by atoms with Gasteiger partial charge in [0.1, 0.15) is 5.69 Å². The largest absolute Gasteiger partial charge is 0.350 e. The van der Waals surface area contributed by atoms with Crippen molar-refractivity contribution in [2.75, 3.05) is 6.54 Å². The molecule has 0 fully saturated rings. The van der Waals surface area contributed by atoms with Crippen molar-refractivity contribution in [1.29, 1.82) is 0 Å². The average Bonchev–Trinajstić information content (AvgIpc) is 3.04. The van der Waals surface area contributed by atoms with Gasteiger partial charge in [-0.05, 0) is 41.6 Å². The number of hydrogen-bond donors (Lipinski definition) is 1. The standard InChI is InChI=1S/C16H15ClN2OS/c1-19-13-7-9-21-15(13)10-14(19)16(20)18-8-6-11-2-4-12(17)5-3-11/h2-5,7,9-10H,6,8H2,1H3,(H,18,20). The third kappa shape index (κ3) is 2.96. The quantitative estimate of drug-likeness (QED) is 0.778. The van der Waals surface area contributed by atoms with Gasteiger partial charge < -0.3 is 9.88 Å². The summed E-state index contributed by atoms with van der Waals surface area (Å²) in [6.07, 6.45) is 0.793. The number of carbonyl (C=O) groups is 1. The van der Waals surface area contributed by atoms with Crippen molar-refractivity contribution in [2.24, 2.45) is 7.05 Å². The van der Waals surface area contributed by atoms with Gasteiger partial charge in [0.2, 0.25) is 0 Å². The van der Waals surface area contributed by atoms with Crippen LogP contribution in [-0.2, 0) is 13.5 Å². The van der Waals surface area contributed by atoms with Gasteiger partial charge in [-0.15, -0.1) is 11.3 Å². The van der Waals surface area contributed by atoms with Crippen LogP contribution in [0.3, 0.4) is 0 Å². The highest BCUT2D eigenvalue weighted by molar-refractivity contribution is 7.17. The van der Waals surface area contributed by atoms with E-state index in [0.29, 0.717) is 12.2 Å². The van der Waals surface area contributed by atoms with Crippen LogP contribution >= 0.6 is 22.9 Å². The fourth-order valence-electron chi connectivity index (χ4n) is 2.33. The van der Waals surface area contributed by atoms with E-state index >= 15 is 0 Å². The number of hydrogen-bond acceptors (Lipinski definition) is 2. The van der Waals surface area contributed by atoms with Gasteiger partial charge in [0.15, 0.2) is 0 Å². The van der Waals surface area contributed by atoms with Crippen molar-refractivity contribution < 1.29 is 4.79 Å². The number of aromatic nitrogens is 1. The summed E-state index contributed by atoms with van der Waals surface area (Å²) in [5.41, 5.74) is 2.96. The molecule has 108 valence electrons. The van der Waals surface area contributed by atoms with Crippen LogP contribution in [0, 0.1) is 0 Å². The molecule has 0 radical (unpaired) electrons. The molecule has 0 bridgehead atoms. The van der Waals surface area contributed by atoms with Crippen molar-refractivity contribution in [3.05, 3.63) is 58.1 Å². The van der Waals surface area contributed by atoms with Gasteiger partial charge in [-0.25, -0.2) is 0 Å². The van der Waals surface area contributed by atoms with E-state index in [4.69, 9.17) is 11.6 Å². The van der Waals surface area contributed by atoms with Gasteiger partial charge in [0, 0.05) is 18.6 Å². The molecule has 0 saturated heterocycles. The number of rotatable bonds is 4. The van der Waals surface area contributed by atoms with Gasteiger partial charge in [-0.3, -0.25) is 4.79 Å². The summed E-state index contributed by atoms with van der Waals surface area (Å²) < 4.78 is 3.07. The first-order valence-electron chi connectivity index (χ1n) is 6.71. The minimum absolute atomic E-state index is 0.0325. The van der Waals surface area contributed by atoms with Crippen LogP contribution < -0.4 is 5.32 Å². The van der Waals surface area contributed by atoms with Crippen LogP contribution in [0.5, 0.6) is 0 Å². The molecule has 3 nitrogen and oxygen atoms in total. The summed E-state index contributed by atoms with van der Waals surface area (Å²) in [6, 6.07) is 11.7. The minimum atomic E-state index is -0.0325. The molecule has 1 aromatic carbocycles. The lowest BCUT2D eigenvalue weighted by Gasteiger charge is -2.06. The Morgan fingerprint density at radius 3 is 2.76 bits per heavy atom. The molecular weight excluding hydrogens is 304 g/mol. The molecule has 1 N–H and O–H groups in total. The molecule has 0 unspecified atom stereocenters. The van der Waals surface area contributed by atoms with E-state index in [1.165, 1.54) is 0 Å². The summed E-state index contributed by atoms with van der Waals surface area (Å²) >= 11 is 7.50. The predicted octanol–water partition coefficient (Wildman–Crippen LogP) is 3.87. The Morgan fingerprint density at radius 1 is 1.29 bits per heavy atom. The Hall–Kier alpha value is -1.78. The molecule has 0 saturated carbocycles. The summed E-state index contributed by atoms with van der Waals surface area (Å²) in [4.78, 5) is 12.2. The Labute approximate surface area is 132 Å². The maximum absolute atomic E-state index is 12.2. The second-order valence-electron chi connectivity index (χ2n) is 4.89. The third-order valence-corrected chi connectivity index (χ3v) is 4.61. The van der Waals surface area contributed by atoms with Crippen LogP contribution in [0.4, 0.5) is 0 Å². The number of fused-ring (bicyclic) bond motifs is 1. The van der Waals surface area contributed by atoms with Gasteiger partial charge in [-0.2, -0.15) is 0 Å². The number of nitrogens with zero attached hydrogens (tertiary/aromatic N) is 1. The fraction of sp³-hybridized carbons (Fsp3) is 0.188. The first-order chi connectivity index (χ1) is 10.1. The molecule has 1 amide bonds. The smallest absolute Gasteiger partial charge is 0.267 e. The Bertz CT molecular complexity index is 773. The molecule has 0 aliphatic rings. The van der Waals surface area contributed by atoms with Gasteiger partial charge in [0.05, 0.1) is 10.2 Å². The third-order valence-electron chi connectivity index (χ3n) is 3.51. The zero-order valence-electron chi connectivity index (χ0n) is 11.6. The molecule has 0 atom stereocenters. The molecular formula is C16H15ClN2OS. The summed E-state index contributed by atoms with van der Waals surface area (Å²) in [7, 11) is 1.92. The second kappa shape index (κ2) is 5.92. The van der Waals surface area contributed by atoms with Gasteiger partial charge in [0.25, 0.3) is 5.91 Å². The van der Waals surface area contributed by atoms with E-state index in [1.54, 1.807) is 11.3 Å². The number of thiophene rings is 1. The molecule has 3 aromatic rings. The van der Waals surface area contributed by atoms with Crippen LogP contribution in [0.25, 0.3) is 10.2 Å². The van der Waals surface area contributed by atoms with Crippen LogP contribution in [0.1, 0.15) is 16.1 Å². The number of carbonyl (C=O) groups excluding carboxylic acids is 1. The predicted molar refractivity (Wildman–Crippen MR) is 88.3 cm³/mol. The number of benzene rings is 1. The molecule has 3 rings (SSSR count). The van der Waals surface area contributed by atoms with E-state index in [-0.39, 0.29) is 5.91 Å². The molecule has 0 spiro atoms. The maximum Gasteiger partial charge on any atom is 0.267 e. The number of aryl methyl sites for hydroxylation is 1. The van der Waals surface area contributed by atoms with Crippen molar-refractivity contribution in [3.8, 4) is 0 Å². The Balaban J connectivity index is 1.62. The number of halogens is 1. The first kappa shape index (κ1) is 14.2. The number of amides is 1. The van der Waals surface area contributed by atoms with E-state index in [0.717, 1.165) is 27.2 Å². The lowest BCUT2D eigenvalue weighted by atomic mass is 10.1. The normalized spacial score (nSPS) is 11.0. The van der Waals surface area contributed by atoms with Crippen molar-refractivity contribution in [1.82, 2.24) is 9.88 Å². The van der Waals surface area contributed by atoms with Crippen LogP contribution in [0.15, 0.2) is 41.8 Å². The highest BCUT2D eigenvalue weighted by atomic mass is 35.5. The van der Waals surface area contributed by atoms with E-state index in [1.807, 2.05) is 53.4 Å². The maximum atomic E-state index is 12.2. The lowest BCUT2D eigenvalue weighted by molar-refractivity contribution is 0.0946. The number of nitrogens with one attached hydrogen (secondary N) is 1. The van der Waals surface area contributed by atoms with Gasteiger partial charge >= 0.3 is 0 Å². The van der Waals surface area contributed by atoms with E-state index in [2.05, 4.69) is 5.32 Å². The van der Waals surface area contributed by atoms with Crippen molar-refractivity contribution in [3.63, 3.8) is 0 Å². The highest BCUT2D eigenvalue weighted by Crippen LogP contribution is 2.24. The molecule has 21 heavy (non-hydrogen) atoms. The molecule has 2 aromatic heterocycles. The first-order valence-corrected chi connectivity index (χ1v) is 7.96. The van der Waals surface area contributed by atoms with E-state index < -0.39 is 0 Å². The Morgan fingerprint density at radius 2 is 2.05 bits per heavy atom. The topological polar surface area (TPSA) is 34.0 Å². The Kier molecular flexibility index (Phi) is 3.99. The van der Waals surface area contributed by atoms with E-state index in [9.17, 15) is 4.79 Å². The summed E-state index contributed by atoms with van der Waals surface area (Å²) in [6.45, 7) is 0.610.